The van der Waals surface area contributed by atoms with E-state index in [2.05, 4.69) is 25.9 Å². The first-order valence-electron chi connectivity index (χ1n) is 8.87. The first-order chi connectivity index (χ1) is 11.8. The lowest BCUT2D eigenvalue weighted by Gasteiger charge is -2.33. The standard InChI is InChI=1S/C18H25N5O/c24-18(17-3-1-2-6-20-17)14-4-8-22(9-5-14)13-15-11-16-12-19-7-10-23(16)21-15/h1-3,6,11,14,18-19,24H,4-5,7-10,12-13H2/t18-/m0/s1. The number of hydrogen-bond donors (Lipinski definition) is 2. The van der Waals surface area contributed by atoms with Crippen LogP contribution in [0.4, 0.5) is 0 Å². The zero-order chi connectivity index (χ0) is 16.4. The highest BCUT2D eigenvalue weighted by Crippen LogP contribution is 2.30. The Morgan fingerprint density at radius 1 is 1.25 bits per heavy atom. The van der Waals surface area contributed by atoms with E-state index >= 15 is 0 Å². The highest BCUT2D eigenvalue weighted by atomic mass is 16.3. The number of pyridine rings is 1. The van der Waals surface area contributed by atoms with Crippen LogP contribution < -0.4 is 5.32 Å². The quantitative estimate of drug-likeness (QED) is 0.887. The fourth-order valence-corrected chi connectivity index (χ4v) is 3.78. The number of nitrogens with zero attached hydrogens (tertiary/aromatic N) is 4. The summed E-state index contributed by atoms with van der Waals surface area (Å²) in [5.74, 6) is 0.301. The SMILES string of the molecule is O[C@H](c1ccccn1)C1CCN(Cc2cc3n(n2)CCNC3)CC1. The lowest BCUT2D eigenvalue weighted by molar-refractivity contribution is 0.0536. The molecule has 2 aromatic heterocycles. The van der Waals surface area contributed by atoms with Crippen LogP contribution in [0.5, 0.6) is 0 Å². The van der Waals surface area contributed by atoms with Crippen molar-refractivity contribution in [3.63, 3.8) is 0 Å². The topological polar surface area (TPSA) is 66.2 Å². The van der Waals surface area contributed by atoms with E-state index in [9.17, 15) is 5.11 Å². The van der Waals surface area contributed by atoms with Crippen molar-refractivity contribution < 1.29 is 5.11 Å². The Labute approximate surface area is 142 Å². The van der Waals surface area contributed by atoms with Crippen molar-refractivity contribution >= 4 is 0 Å². The number of aromatic nitrogens is 3. The molecule has 6 heteroatoms. The van der Waals surface area contributed by atoms with Gasteiger partial charge in [-0.3, -0.25) is 14.6 Å². The molecule has 128 valence electrons. The number of hydrogen-bond acceptors (Lipinski definition) is 5. The maximum Gasteiger partial charge on any atom is 0.0988 e. The smallest absolute Gasteiger partial charge is 0.0988 e. The van der Waals surface area contributed by atoms with Crippen molar-refractivity contribution in [1.82, 2.24) is 25.0 Å². The highest BCUT2D eigenvalue weighted by molar-refractivity contribution is 5.12. The lowest BCUT2D eigenvalue weighted by atomic mass is 9.89. The average molecular weight is 327 g/mol. The van der Waals surface area contributed by atoms with E-state index in [1.807, 2.05) is 18.2 Å². The first-order valence-corrected chi connectivity index (χ1v) is 8.87. The summed E-state index contributed by atoms with van der Waals surface area (Å²) >= 11 is 0. The van der Waals surface area contributed by atoms with E-state index in [-0.39, 0.29) is 0 Å². The molecule has 2 aliphatic rings. The molecular formula is C18H25N5O. The zero-order valence-electron chi connectivity index (χ0n) is 13.9. The Morgan fingerprint density at radius 3 is 2.88 bits per heavy atom. The molecule has 2 N–H and O–H groups in total. The van der Waals surface area contributed by atoms with Crippen LogP contribution >= 0.6 is 0 Å². The molecular weight excluding hydrogens is 302 g/mol. The van der Waals surface area contributed by atoms with Crippen LogP contribution in [0.25, 0.3) is 0 Å². The summed E-state index contributed by atoms with van der Waals surface area (Å²) < 4.78 is 2.13. The average Bonchev–Trinajstić information content (AvgIpc) is 3.05. The lowest BCUT2D eigenvalue weighted by Crippen LogP contribution is -2.35. The fourth-order valence-electron chi connectivity index (χ4n) is 3.78. The third kappa shape index (κ3) is 3.36. The molecule has 2 aromatic rings. The summed E-state index contributed by atoms with van der Waals surface area (Å²) in [6.45, 7) is 5.82. The number of likely N-dealkylation sites (tertiary alicyclic amines) is 1. The highest BCUT2D eigenvalue weighted by Gasteiger charge is 2.27. The second kappa shape index (κ2) is 7.01. The van der Waals surface area contributed by atoms with Crippen molar-refractivity contribution in [1.29, 1.82) is 0 Å². The van der Waals surface area contributed by atoms with Crippen molar-refractivity contribution in [2.24, 2.45) is 5.92 Å². The van der Waals surface area contributed by atoms with Crippen LogP contribution in [0.15, 0.2) is 30.5 Å². The van der Waals surface area contributed by atoms with Gasteiger partial charge in [-0.15, -0.1) is 0 Å². The molecule has 0 saturated carbocycles. The summed E-state index contributed by atoms with van der Waals surface area (Å²) in [6, 6.07) is 7.97. The first kappa shape index (κ1) is 15.7. The maximum absolute atomic E-state index is 10.5. The molecule has 1 atom stereocenters. The summed E-state index contributed by atoms with van der Waals surface area (Å²) in [7, 11) is 0. The van der Waals surface area contributed by atoms with Gasteiger partial charge in [0.15, 0.2) is 0 Å². The summed E-state index contributed by atoms with van der Waals surface area (Å²) in [6.07, 6.45) is 3.32. The Balaban J connectivity index is 1.32. The van der Waals surface area contributed by atoms with Crippen molar-refractivity contribution in [3.05, 3.63) is 47.5 Å². The minimum Gasteiger partial charge on any atom is -0.387 e. The van der Waals surface area contributed by atoms with Gasteiger partial charge >= 0.3 is 0 Å². The molecule has 0 spiro atoms. The minimum atomic E-state index is -0.445. The van der Waals surface area contributed by atoms with Crippen LogP contribution in [0.1, 0.15) is 36.0 Å². The van der Waals surface area contributed by atoms with E-state index in [0.29, 0.717) is 5.92 Å². The van der Waals surface area contributed by atoms with E-state index in [0.717, 1.165) is 63.5 Å². The molecule has 0 radical (unpaired) electrons. The van der Waals surface area contributed by atoms with E-state index in [1.165, 1.54) is 5.69 Å². The number of fused-ring (bicyclic) bond motifs is 1. The van der Waals surface area contributed by atoms with Gasteiger partial charge in [0.25, 0.3) is 0 Å². The van der Waals surface area contributed by atoms with Gasteiger partial charge in [-0.25, -0.2) is 0 Å². The molecule has 0 aromatic carbocycles. The third-order valence-corrected chi connectivity index (χ3v) is 5.18. The Hall–Kier alpha value is -1.76. The second-order valence-electron chi connectivity index (χ2n) is 6.84. The number of nitrogens with one attached hydrogen (secondary N) is 1. The van der Waals surface area contributed by atoms with Crippen LogP contribution in [-0.2, 0) is 19.6 Å². The van der Waals surface area contributed by atoms with E-state index in [4.69, 9.17) is 5.10 Å². The Bertz CT molecular complexity index is 640. The largest absolute Gasteiger partial charge is 0.387 e. The van der Waals surface area contributed by atoms with Gasteiger partial charge in [-0.1, -0.05) is 6.07 Å². The summed E-state index contributed by atoms with van der Waals surface area (Å²) in [5, 5.41) is 18.6. The molecule has 0 amide bonds. The van der Waals surface area contributed by atoms with Gasteiger partial charge < -0.3 is 10.4 Å². The van der Waals surface area contributed by atoms with Crippen LogP contribution in [0, 0.1) is 5.92 Å². The van der Waals surface area contributed by atoms with Gasteiger partial charge in [0.1, 0.15) is 0 Å². The predicted octanol–water partition coefficient (Wildman–Crippen LogP) is 1.33. The van der Waals surface area contributed by atoms with E-state index in [1.54, 1.807) is 6.20 Å². The molecule has 0 unspecified atom stereocenters. The number of aliphatic hydroxyl groups excluding tert-OH is 1. The molecule has 1 fully saturated rings. The normalized spacial score (nSPS) is 20.7. The Kier molecular flexibility index (Phi) is 4.60. The molecule has 0 aliphatic carbocycles. The number of piperidine rings is 1. The molecule has 4 heterocycles. The number of aliphatic hydroxyl groups is 1. The van der Waals surface area contributed by atoms with Gasteiger partial charge in [0, 0.05) is 25.8 Å². The predicted molar refractivity (Wildman–Crippen MR) is 91.1 cm³/mol. The molecule has 0 bridgehead atoms. The van der Waals surface area contributed by atoms with Crippen LogP contribution in [0.3, 0.4) is 0 Å². The summed E-state index contributed by atoms with van der Waals surface area (Å²) in [5.41, 5.74) is 3.25. The minimum absolute atomic E-state index is 0.301. The monoisotopic (exact) mass is 327 g/mol. The van der Waals surface area contributed by atoms with Gasteiger partial charge in [-0.05, 0) is 50.0 Å². The Morgan fingerprint density at radius 2 is 2.12 bits per heavy atom. The molecule has 24 heavy (non-hydrogen) atoms. The number of rotatable bonds is 4. The molecule has 6 nitrogen and oxygen atoms in total. The van der Waals surface area contributed by atoms with Crippen LogP contribution in [0.2, 0.25) is 0 Å². The van der Waals surface area contributed by atoms with Crippen molar-refractivity contribution in [2.75, 3.05) is 19.6 Å². The van der Waals surface area contributed by atoms with Gasteiger partial charge in [-0.2, -0.15) is 5.10 Å². The maximum atomic E-state index is 10.5. The molecule has 4 rings (SSSR count). The van der Waals surface area contributed by atoms with Crippen molar-refractivity contribution in [2.45, 2.75) is 38.6 Å². The molecule has 1 saturated heterocycles. The second-order valence-corrected chi connectivity index (χ2v) is 6.84. The van der Waals surface area contributed by atoms with Crippen molar-refractivity contribution in [3.8, 4) is 0 Å². The van der Waals surface area contributed by atoms with E-state index < -0.39 is 6.10 Å². The van der Waals surface area contributed by atoms with Gasteiger partial charge in [0.2, 0.25) is 0 Å². The molecule has 2 aliphatic heterocycles. The zero-order valence-corrected chi connectivity index (χ0v) is 13.9. The summed E-state index contributed by atoms with van der Waals surface area (Å²) in [4.78, 5) is 6.74. The van der Waals surface area contributed by atoms with Gasteiger partial charge in [0.05, 0.1) is 29.7 Å². The fraction of sp³-hybridized carbons (Fsp3) is 0.556. The van der Waals surface area contributed by atoms with Crippen LogP contribution in [-0.4, -0.2) is 44.4 Å². The third-order valence-electron chi connectivity index (χ3n) is 5.18.